The molecule has 5 nitrogen and oxygen atoms in total. The van der Waals surface area contributed by atoms with Gasteiger partial charge < -0.3 is 15.1 Å². The molecule has 2 rings (SSSR count). The van der Waals surface area contributed by atoms with Crippen molar-refractivity contribution < 1.29 is 19.8 Å². The molecule has 1 amide bonds. The number of nitrogens with zero attached hydrogens (tertiary/aromatic N) is 1. The van der Waals surface area contributed by atoms with Crippen LogP contribution in [-0.2, 0) is 9.59 Å². The van der Waals surface area contributed by atoms with Crippen LogP contribution in [0.1, 0.15) is 26.7 Å². The normalized spacial score (nSPS) is 32.3. The van der Waals surface area contributed by atoms with Crippen molar-refractivity contribution in [3.05, 3.63) is 0 Å². The van der Waals surface area contributed by atoms with E-state index in [2.05, 4.69) is 0 Å². The molecule has 2 atom stereocenters. The molecule has 0 aromatic rings. The predicted octanol–water partition coefficient (Wildman–Crippen LogP) is 0.326. The fourth-order valence-electron chi connectivity index (χ4n) is 2.84. The summed E-state index contributed by atoms with van der Waals surface area (Å²) in [6.07, 6.45) is 0.870. The van der Waals surface area contributed by atoms with Gasteiger partial charge in [-0.3, -0.25) is 9.59 Å². The second-order valence-electron chi connectivity index (χ2n) is 5.67. The summed E-state index contributed by atoms with van der Waals surface area (Å²) in [6, 6.07) is 0. The summed E-state index contributed by atoms with van der Waals surface area (Å²) in [5.74, 6) is -1.89. The van der Waals surface area contributed by atoms with Gasteiger partial charge >= 0.3 is 5.97 Å². The zero-order valence-electron chi connectivity index (χ0n) is 10.2. The zero-order valence-corrected chi connectivity index (χ0v) is 10.2. The molecule has 96 valence electrons. The van der Waals surface area contributed by atoms with Gasteiger partial charge in [0.1, 0.15) is 0 Å². The number of hydrogen-bond acceptors (Lipinski definition) is 3. The highest BCUT2D eigenvalue weighted by atomic mass is 16.4. The number of amides is 1. The molecule has 2 aliphatic rings. The van der Waals surface area contributed by atoms with E-state index in [0.29, 0.717) is 25.9 Å². The van der Waals surface area contributed by atoms with E-state index in [1.807, 2.05) is 13.8 Å². The van der Waals surface area contributed by atoms with Crippen molar-refractivity contribution >= 4 is 11.9 Å². The molecule has 5 heteroatoms. The average molecular weight is 241 g/mol. The quantitative estimate of drug-likeness (QED) is 0.730. The molecular formula is C12H19NO4. The zero-order chi connectivity index (χ0) is 12.8. The first-order valence-corrected chi connectivity index (χ1v) is 6.05. The first kappa shape index (κ1) is 12.4. The summed E-state index contributed by atoms with van der Waals surface area (Å²) in [5, 5.41) is 18.4. The Morgan fingerprint density at radius 3 is 2.12 bits per heavy atom. The second kappa shape index (κ2) is 3.98. The van der Waals surface area contributed by atoms with E-state index in [1.54, 1.807) is 4.90 Å². The van der Waals surface area contributed by atoms with E-state index in [-0.39, 0.29) is 12.0 Å². The molecule has 1 saturated heterocycles. The van der Waals surface area contributed by atoms with Gasteiger partial charge in [-0.2, -0.15) is 0 Å². The largest absolute Gasteiger partial charge is 0.481 e. The van der Waals surface area contributed by atoms with Crippen LogP contribution < -0.4 is 0 Å². The minimum atomic E-state index is -0.884. The summed E-state index contributed by atoms with van der Waals surface area (Å²) >= 11 is 0. The van der Waals surface area contributed by atoms with Gasteiger partial charge in [0, 0.05) is 13.1 Å². The molecule has 2 N–H and O–H groups in total. The van der Waals surface area contributed by atoms with Gasteiger partial charge in [0.05, 0.1) is 17.9 Å². The first-order chi connectivity index (χ1) is 7.85. The lowest BCUT2D eigenvalue weighted by Gasteiger charge is -2.30. The van der Waals surface area contributed by atoms with E-state index in [1.165, 1.54) is 0 Å². The molecule has 2 fully saturated rings. The Hall–Kier alpha value is -1.10. The highest BCUT2D eigenvalue weighted by Crippen LogP contribution is 2.59. The van der Waals surface area contributed by atoms with Gasteiger partial charge in [-0.15, -0.1) is 0 Å². The average Bonchev–Trinajstić information content (AvgIpc) is 2.82. The summed E-state index contributed by atoms with van der Waals surface area (Å²) in [5.41, 5.74) is -0.432. The number of carbonyl (C=O) groups is 2. The molecule has 1 aliphatic carbocycles. The molecule has 0 radical (unpaired) electrons. The summed E-state index contributed by atoms with van der Waals surface area (Å²) in [4.78, 5) is 24.9. The van der Waals surface area contributed by atoms with Crippen LogP contribution >= 0.6 is 0 Å². The maximum Gasteiger partial charge on any atom is 0.307 e. The SMILES string of the molecule is CC1(C)[C@H](C(=O)O)[C@H]1C(=O)N1CCC(O)CC1. The number of rotatable bonds is 2. The van der Waals surface area contributed by atoms with E-state index >= 15 is 0 Å². The van der Waals surface area contributed by atoms with Crippen molar-refractivity contribution in [2.24, 2.45) is 17.3 Å². The number of carbonyl (C=O) groups excluding carboxylic acids is 1. The van der Waals surface area contributed by atoms with Crippen LogP contribution in [0.3, 0.4) is 0 Å². The fraction of sp³-hybridized carbons (Fsp3) is 0.833. The molecule has 1 aliphatic heterocycles. The molecule has 0 aromatic carbocycles. The Kier molecular flexibility index (Phi) is 2.89. The molecule has 1 heterocycles. The van der Waals surface area contributed by atoms with Crippen molar-refractivity contribution in [3.8, 4) is 0 Å². The number of aliphatic hydroxyl groups excluding tert-OH is 1. The lowest BCUT2D eigenvalue weighted by atomic mass is 10.1. The Bertz CT molecular complexity index is 344. The molecule has 0 unspecified atom stereocenters. The Morgan fingerprint density at radius 1 is 1.18 bits per heavy atom. The van der Waals surface area contributed by atoms with Gasteiger partial charge in [-0.05, 0) is 18.3 Å². The minimum absolute atomic E-state index is 0.0608. The second-order valence-corrected chi connectivity index (χ2v) is 5.67. The van der Waals surface area contributed by atoms with Gasteiger partial charge in [0.15, 0.2) is 0 Å². The lowest BCUT2D eigenvalue weighted by Crippen LogP contribution is -2.41. The van der Waals surface area contributed by atoms with Crippen molar-refractivity contribution in [1.29, 1.82) is 0 Å². The standard InChI is InChI=1S/C12H19NO4/c1-12(2)8(9(12)11(16)17)10(15)13-5-3-7(14)4-6-13/h7-9,14H,3-6H2,1-2H3,(H,16,17)/t8-,9-/m0/s1. The lowest BCUT2D eigenvalue weighted by molar-refractivity contribution is -0.142. The Labute approximate surface area is 100 Å². The van der Waals surface area contributed by atoms with Gasteiger partial charge in [0.2, 0.25) is 5.91 Å². The number of aliphatic carboxylic acids is 1. The maximum atomic E-state index is 12.2. The van der Waals surface area contributed by atoms with Crippen LogP contribution in [0.15, 0.2) is 0 Å². The molecule has 0 bridgehead atoms. The number of piperidine rings is 1. The molecule has 0 aromatic heterocycles. The van der Waals surface area contributed by atoms with Crippen LogP contribution in [0.2, 0.25) is 0 Å². The molecule has 0 spiro atoms. The highest BCUT2D eigenvalue weighted by Gasteiger charge is 2.66. The van der Waals surface area contributed by atoms with E-state index < -0.39 is 23.2 Å². The maximum absolute atomic E-state index is 12.2. The third-order valence-corrected chi connectivity index (χ3v) is 4.14. The van der Waals surface area contributed by atoms with E-state index in [0.717, 1.165) is 0 Å². The monoisotopic (exact) mass is 241 g/mol. The van der Waals surface area contributed by atoms with Crippen molar-refractivity contribution in [1.82, 2.24) is 4.90 Å². The van der Waals surface area contributed by atoms with Crippen molar-refractivity contribution in [2.45, 2.75) is 32.8 Å². The molecular weight excluding hydrogens is 222 g/mol. The predicted molar refractivity (Wildman–Crippen MR) is 60.2 cm³/mol. The molecule has 1 saturated carbocycles. The topological polar surface area (TPSA) is 77.8 Å². The molecule has 17 heavy (non-hydrogen) atoms. The van der Waals surface area contributed by atoms with Crippen molar-refractivity contribution in [3.63, 3.8) is 0 Å². The van der Waals surface area contributed by atoms with E-state index in [9.17, 15) is 14.7 Å². The van der Waals surface area contributed by atoms with Crippen LogP contribution in [0, 0.1) is 17.3 Å². The third-order valence-electron chi connectivity index (χ3n) is 4.14. The van der Waals surface area contributed by atoms with Gasteiger partial charge in [-0.1, -0.05) is 13.8 Å². The first-order valence-electron chi connectivity index (χ1n) is 6.05. The van der Waals surface area contributed by atoms with E-state index in [4.69, 9.17) is 5.11 Å². The number of hydrogen-bond donors (Lipinski definition) is 2. The Morgan fingerprint density at radius 2 is 1.71 bits per heavy atom. The van der Waals surface area contributed by atoms with Crippen LogP contribution in [0.4, 0.5) is 0 Å². The highest BCUT2D eigenvalue weighted by molar-refractivity contribution is 5.91. The number of carboxylic acids is 1. The minimum Gasteiger partial charge on any atom is -0.481 e. The number of aliphatic hydroxyl groups is 1. The summed E-state index contributed by atoms with van der Waals surface area (Å²) < 4.78 is 0. The van der Waals surface area contributed by atoms with Crippen molar-refractivity contribution in [2.75, 3.05) is 13.1 Å². The summed E-state index contributed by atoms with van der Waals surface area (Å²) in [6.45, 7) is 4.73. The summed E-state index contributed by atoms with van der Waals surface area (Å²) in [7, 11) is 0. The smallest absolute Gasteiger partial charge is 0.307 e. The Balaban J connectivity index is 2.00. The number of likely N-dealkylation sites (tertiary alicyclic amines) is 1. The van der Waals surface area contributed by atoms with Crippen LogP contribution in [-0.4, -0.2) is 46.2 Å². The van der Waals surface area contributed by atoms with Gasteiger partial charge in [-0.25, -0.2) is 0 Å². The van der Waals surface area contributed by atoms with Gasteiger partial charge in [0.25, 0.3) is 0 Å². The third kappa shape index (κ3) is 2.04. The number of carboxylic acid groups (broad SMARTS) is 1. The van der Waals surface area contributed by atoms with Crippen LogP contribution in [0.5, 0.6) is 0 Å². The van der Waals surface area contributed by atoms with Crippen LogP contribution in [0.25, 0.3) is 0 Å². The fourth-order valence-corrected chi connectivity index (χ4v) is 2.84.